The van der Waals surface area contributed by atoms with Crippen LogP contribution in [0, 0.1) is 0 Å². The van der Waals surface area contributed by atoms with Crippen LogP contribution >= 0.6 is 0 Å². The third-order valence-corrected chi connectivity index (χ3v) is 2.60. The Balaban J connectivity index is 4.79. The Morgan fingerprint density at radius 2 is 0.810 bits per heavy atom. The van der Waals surface area contributed by atoms with Crippen molar-refractivity contribution in [2.45, 2.75) is 55.7 Å². The molecule has 21 heavy (non-hydrogen) atoms. The van der Waals surface area contributed by atoms with Crippen molar-refractivity contribution in [3.8, 4) is 0 Å². The highest BCUT2D eigenvalue weighted by Gasteiger charge is 2.48. The van der Waals surface area contributed by atoms with Gasteiger partial charge in [-0.25, -0.2) is 39.5 Å². The number of alkyl halides is 9. The first-order chi connectivity index (χ1) is 9.56. The maximum Gasteiger partial charge on any atom is 0.186 e. The number of hydrogen-bond donors (Lipinski definition) is 2. The minimum absolute atomic E-state index is 2.06. The van der Waals surface area contributed by atoms with E-state index in [0.29, 0.717) is 0 Å². The standard InChI is InChI=1S/C10H13F9O2/c11-1-2(12)3(13)4(14)5(15)6(16)7(17)8(18)9(19)10(20)21/h2-10,20-21H,1H2. The second kappa shape index (κ2) is 8.66. The zero-order valence-electron chi connectivity index (χ0n) is 10.2. The van der Waals surface area contributed by atoms with Gasteiger partial charge >= 0.3 is 0 Å². The van der Waals surface area contributed by atoms with Gasteiger partial charge in [0, 0.05) is 0 Å². The lowest BCUT2D eigenvalue weighted by Gasteiger charge is -2.26. The molecule has 0 amide bonds. The van der Waals surface area contributed by atoms with Crippen LogP contribution in [0.15, 0.2) is 0 Å². The molecule has 2 N–H and O–H groups in total. The van der Waals surface area contributed by atoms with Crippen LogP contribution in [-0.2, 0) is 0 Å². The van der Waals surface area contributed by atoms with E-state index in [4.69, 9.17) is 10.2 Å². The first-order valence-electron chi connectivity index (χ1n) is 5.60. The first-order valence-corrected chi connectivity index (χ1v) is 5.60. The van der Waals surface area contributed by atoms with Gasteiger partial charge in [-0.1, -0.05) is 0 Å². The van der Waals surface area contributed by atoms with E-state index in [1.807, 2.05) is 0 Å². The third-order valence-electron chi connectivity index (χ3n) is 2.60. The van der Waals surface area contributed by atoms with Crippen molar-refractivity contribution in [3.63, 3.8) is 0 Å². The lowest BCUT2D eigenvalue weighted by Crippen LogP contribution is -2.48. The Bertz CT molecular complexity index is 296. The molecule has 0 aromatic heterocycles. The predicted octanol–water partition coefficient (Wildman–Crippen LogP) is 1.97. The van der Waals surface area contributed by atoms with E-state index in [0.717, 1.165) is 0 Å². The second-order valence-electron chi connectivity index (χ2n) is 4.19. The summed E-state index contributed by atoms with van der Waals surface area (Å²) >= 11 is 0. The Kier molecular flexibility index (Phi) is 8.37. The fraction of sp³-hybridized carbons (Fsp3) is 1.00. The van der Waals surface area contributed by atoms with Crippen molar-refractivity contribution in [1.29, 1.82) is 0 Å². The number of aliphatic hydroxyl groups is 2. The van der Waals surface area contributed by atoms with E-state index in [9.17, 15) is 39.5 Å². The highest BCUT2D eigenvalue weighted by Crippen LogP contribution is 2.27. The lowest BCUT2D eigenvalue weighted by molar-refractivity contribution is -0.133. The molecule has 0 aromatic carbocycles. The molecule has 2 nitrogen and oxygen atoms in total. The number of aliphatic hydroxyl groups excluding tert-OH is 1. The van der Waals surface area contributed by atoms with Gasteiger partial charge in [-0.2, -0.15) is 0 Å². The summed E-state index contributed by atoms with van der Waals surface area (Å²) < 4.78 is 115. The minimum atomic E-state index is -3.77. The van der Waals surface area contributed by atoms with Gasteiger partial charge in [-0.3, -0.25) is 0 Å². The number of rotatable bonds is 9. The summed E-state index contributed by atoms with van der Waals surface area (Å²) in [6.07, 6.45) is -31.5. The molecule has 0 fully saturated rings. The van der Waals surface area contributed by atoms with E-state index >= 15 is 0 Å². The molecule has 8 atom stereocenters. The molecular formula is C10H13F9O2. The molecule has 0 rings (SSSR count). The summed E-state index contributed by atoms with van der Waals surface area (Å²) in [5.41, 5.74) is 0. The molecule has 128 valence electrons. The Hall–Kier alpha value is -0.710. The summed E-state index contributed by atoms with van der Waals surface area (Å²) in [6.45, 7) is -2.06. The van der Waals surface area contributed by atoms with Crippen molar-refractivity contribution in [3.05, 3.63) is 0 Å². The lowest BCUT2D eigenvalue weighted by atomic mass is 9.98. The van der Waals surface area contributed by atoms with Gasteiger partial charge in [0.2, 0.25) is 0 Å². The van der Waals surface area contributed by atoms with Gasteiger partial charge in [0.1, 0.15) is 6.67 Å². The van der Waals surface area contributed by atoms with Crippen LogP contribution < -0.4 is 0 Å². The highest BCUT2D eigenvalue weighted by molar-refractivity contribution is 4.93. The molecule has 0 spiro atoms. The van der Waals surface area contributed by atoms with Gasteiger partial charge < -0.3 is 10.2 Å². The average molecular weight is 336 g/mol. The van der Waals surface area contributed by atoms with Crippen molar-refractivity contribution in [2.24, 2.45) is 0 Å². The molecule has 0 aliphatic heterocycles. The summed E-state index contributed by atoms with van der Waals surface area (Å²) in [4.78, 5) is 0. The van der Waals surface area contributed by atoms with Crippen molar-refractivity contribution in [2.75, 3.05) is 6.67 Å². The molecule has 0 saturated heterocycles. The number of halogens is 9. The molecule has 0 heterocycles. The largest absolute Gasteiger partial charge is 0.366 e. The van der Waals surface area contributed by atoms with Crippen LogP contribution in [0.3, 0.4) is 0 Å². The molecule has 8 unspecified atom stereocenters. The average Bonchev–Trinajstić information content (AvgIpc) is 2.48. The normalized spacial score (nSPS) is 24.0. The Morgan fingerprint density at radius 1 is 0.524 bits per heavy atom. The van der Waals surface area contributed by atoms with Crippen LogP contribution in [0.4, 0.5) is 39.5 Å². The van der Waals surface area contributed by atoms with Gasteiger partial charge in [0.05, 0.1) is 0 Å². The molecule has 0 aliphatic rings. The maximum atomic E-state index is 13.1. The predicted molar refractivity (Wildman–Crippen MR) is 53.4 cm³/mol. The highest BCUT2D eigenvalue weighted by atomic mass is 19.2. The van der Waals surface area contributed by atoms with Crippen molar-refractivity contribution < 1.29 is 49.7 Å². The van der Waals surface area contributed by atoms with Crippen LogP contribution in [-0.4, -0.2) is 72.6 Å². The van der Waals surface area contributed by atoms with Crippen LogP contribution in [0.25, 0.3) is 0 Å². The monoisotopic (exact) mass is 336 g/mol. The van der Waals surface area contributed by atoms with E-state index in [1.165, 1.54) is 0 Å². The molecular weight excluding hydrogens is 323 g/mol. The number of hydrogen-bond acceptors (Lipinski definition) is 2. The van der Waals surface area contributed by atoms with Gasteiger partial charge in [-0.15, -0.1) is 0 Å². The second-order valence-corrected chi connectivity index (χ2v) is 4.19. The van der Waals surface area contributed by atoms with Crippen molar-refractivity contribution >= 4 is 0 Å². The van der Waals surface area contributed by atoms with Crippen molar-refractivity contribution in [1.82, 2.24) is 0 Å². The SMILES string of the molecule is OC(O)C(F)C(F)C(F)C(F)C(F)C(F)C(F)C(F)CF. The van der Waals surface area contributed by atoms with Crippen LogP contribution in [0.5, 0.6) is 0 Å². The van der Waals surface area contributed by atoms with Gasteiger partial charge in [0.15, 0.2) is 55.7 Å². The summed E-state index contributed by atoms with van der Waals surface area (Å²) in [5, 5.41) is 16.4. The summed E-state index contributed by atoms with van der Waals surface area (Å²) in [6, 6.07) is 0. The quantitative estimate of drug-likeness (QED) is 0.499. The Labute approximate surface area is 113 Å². The molecule has 0 aliphatic carbocycles. The summed E-state index contributed by atoms with van der Waals surface area (Å²) in [7, 11) is 0. The fourth-order valence-electron chi connectivity index (χ4n) is 1.33. The Morgan fingerprint density at radius 3 is 1.10 bits per heavy atom. The first kappa shape index (κ1) is 20.3. The molecule has 0 saturated carbocycles. The maximum absolute atomic E-state index is 13.1. The van der Waals surface area contributed by atoms with E-state index < -0.39 is 62.3 Å². The zero-order chi connectivity index (χ0) is 16.9. The van der Waals surface area contributed by atoms with Crippen LogP contribution in [0.2, 0.25) is 0 Å². The molecule has 0 radical (unpaired) electrons. The fourth-order valence-corrected chi connectivity index (χ4v) is 1.33. The van der Waals surface area contributed by atoms with Gasteiger partial charge in [0.25, 0.3) is 0 Å². The van der Waals surface area contributed by atoms with E-state index in [1.54, 1.807) is 0 Å². The van der Waals surface area contributed by atoms with Gasteiger partial charge in [-0.05, 0) is 0 Å². The van der Waals surface area contributed by atoms with E-state index in [-0.39, 0.29) is 0 Å². The smallest absolute Gasteiger partial charge is 0.186 e. The van der Waals surface area contributed by atoms with Crippen LogP contribution in [0.1, 0.15) is 0 Å². The summed E-state index contributed by atoms with van der Waals surface area (Å²) in [5.74, 6) is 0. The molecule has 0 bridgehead atoms. The topological polar surface area (TPSA) is 40.5 Å². The zero-order valence-corrected chi connectivity index (χ0v) is 10.2. The minimum Gasteiger partial charge on any atom is -0.366 e. The van der Waals surface area contributed by atoms with E-state index in [2.05, 4.69) is 0 Å². The third kappa shape index (κ3) is 5.20. The molecule has 11 heteroatoms. The molecule has 0 aromatic rings.